The van der Waals surface area contributed by atoms with Crippen molar-refractivity contribution in [2.45, 2.75) is 26.8 Å². The summed E-state index contributed by atoms with van der Waals surface area (Å²) >= 11 is 2.18. The zero-order valence-corrected chi connectivity index (χ0v) is 17.4. The SMILES string of the molecule is Cc1cc(I)ccc1NC(=O)COC(=O)C(NC(=O)c1ccco1)C(C)C. The molecule has 0 saturated carbocycles. The summed E-state index contributed by atoms with van der Waals surface area (Å²) in [6, 6.07) is 7.77. The van der Waals surface area contributed by atoms with Gasteiger partial charge >= 0.3 is 5.97 Å². The van der Waals surface area contributed by atoms with E-state index in [0.29, 0.717) is 5.69 Å². The number of amides is 2. The number of nitrogens with one attached hydrogen (secondary N) is 2. The molecule has 1 atom stereocenters. The number of aryl methyl sites for hydroxylation is 1. The van der Waals surface area contributed by atoms with Crippen molar-refractivity contribution in [3.63, 3.8) is 0 Å². The van der Waals surface area contributed by atoms with Gasteiger partial charge in [0.05, 0.1) is 6.26 Å². The average molecular weight is 484 g/mol. The Morgan fingerprint density at radius 2 is 1.96 bits per heavy atom. The third kappa shape index (κ3) is 6.09. The topological polar surface area (TPSA) is 97.6 Å². The predicted octanol–water partition coefficient (Wildman–Crippen LogP) is 3.13. The first-order chi connectivity index (χ1) is 12.8. The second kappa shape index (κ2) is 9.54. The van der Waals surface area contributed by atoms with Crippen LogP contribution in [0.2, 0.25) is 0 Å². The Morgan fingerprint density at radius 1 is 1.22 bits per heavy atom. The summed E-state index contributed by atoms with van der Waals surface area (Å²) in [4.78, 5) is 36.4. The fourth-order valence-electron chi connectivity index (χ4n) is 2.30. The van der Waals surface area contributed by atoms with E-state index in [2.05, 4.69) is 33.2 Å². The molecule has 0 fully saturated rings. The average Bonchev–Trinajstić information content (AvgIpc) is 3.14. The van der Waals surface area contributed by atoms with Gasteiger partial charge in [0.2, 0.25) is 0 Å². The summed E-state index contributed by atoms with van der Waals surface area (Å²) in [6.45, 7) is 4.97. The third-order valence-corrected chi connectivity index (χ3v) is 4.43. The molecule has 144 valence electrons. The van der Waals surface area contributed by atoms with Crippen LogP contribution in [0, 0.1) is 16.4 Å². The van der Waals surface area contributed by atoms with Crippen molar-refractivity contribution in [1.29, 1.82) is 0 Å². The van der Waals surface area contributed by atoms with Crippen LogP contribution in [0.1, 0.15) is 30.0 Å². The minimum absolute atomic E-state index is 0.0976. The Morgan fingerprint density at radius 3 is 2.56 bits per heavy atom. The maximum Gasteiger partial charge on any atom is 0.329 e. The molecule has 8 heteroatoms. The van der Waals surface area contributed by atoms with Crippen LogP contribution in [0.15, 0.2) is 41.0 Å². The Labute approximate surface area is 171 Å². The highest BCUT2D eigenvalue weighted by molar-refractivity contribution is 14.1. The molecule has 0 radical (unpaired) electrons. The first kappa shape index (κ1) is 20.9. The van der Waals surface area contributed by atoms with Crippen molar-refractivity contribution >= 4 is 46.1 Å². The number of anilines is 1. The summed E-state index contributed by atoms with van der Waals surface area (Å²) < 4.78 is 11.2. The van der Waals surface area contributed by atoms with E-state index in [1.165, 1.54) is 12.3 Å². The molecule has 0 spiro atoms. The van der Waals surface area contributed by atoms with E-state index in [0.717, 1.165) is 9.13 Å². The Balaban J connectivity index is 1.91. The highest BCUT2D eigenvalue weighted by Crippen LogP contribution is 2.17. The van der Waals surface area contributed by atoms with E-state index in [1.807, 2.05) is 19.1 Å². The van der Waals surface area contributed by atoms with Gasteiger partial charge in [-0.15, -0.1) is 0 Å². The first-order valence-electron chi connectivity index (χ1n) is 8.35. The van der Waals surface area contributed by atoms with Gasteiger partial charge in [0, 0.05) is 9.26 Å². The first-order valence-corrected chi connectivity index (χ1v) is 9.43. The normalized spacial score (nSPS) is 11.7. The fraction of sp³-hybridized carbons (Fsp3) is 0.316. The molecule has 2 amide bonds. The van der Waals surface area contributed by atoms with Crippen LogP contribution in [0.25, 0.3) is 0 Å². The smallest absolute Gasteiger partial charge is 0.329 e. The number of hydrogen-bond acceptors (Lipinski definition) is 5. The van der Waals surface area contributed by atoms with E-state index in [9.17, 15) is 14.4 Å². The van der Waals surface area contributed by atoms with Gasteiger partial charge in [0.1, 0.15) is 6.04 Å². The predicted molar refractivity (Wildman–Crippen MR) is 108 cm³/mol. The lowest BCUT2D eigenvalue weighted by molar-refractivity contribution is -0.150. The monoisotopic (exact) mass is 484 g/mol. The molecule has 1 aromatic heterocycles. The quantitative estimate of drug-likeness (QED) is 0.465. The van der Waals surface area contributed by atoms with Gasteiger partial charge in [-0.3, -0.25) is 9.59 Å². The Hall–Kier alpha value is -2.36. The van der Waals surface area contributed by atoms with Crippen LogP contribution in [-0.4, -0.2) is 30.4 Å². The third-order valence-electron chi connectivity index (χ3n) is 3.76. The van der Waals surface area contributed by atoms with E-state index < -0.39 is 30.4 Å². The molecule has 1 unspecified atom stereocenters. The largest absolute Gasteiger partial charge is 0.459 e. The molecule has 1 aromatic carbocycles. The summed E-state index contributed by atoms with van der Waals surface area (Å²) in [7, 11) is 0. The van der Waals surface area contributed by atoms with Crippen molar-refractivity contribution in [2.24, 2.45) is 5.92 Å². The highest BCUT2D eigenvalue weighted by Gasteiger charge is 2.27. The summed E-state index contributed by atoms with van der Waals surface area (Å²) in [5.74, 6) is -1.78. The lowest BCUT2D eigenvalue weighted by atomic mass is 10.0. The standard InChI is InChI=1S/C19H21IN2O5/c1-11(2)17(22-18(24)15-5-4-8-26-15)19(25)27-10-16(23)21-14-7-6-13(20)9-12(14)3/h4-9,11,17H,10H2,1-3H3,(H,21,23)(H,22,24). The molecular formula is C19H21IN2O5. The number of rotatable bonds is 7. The second-order valence-corrected chi connectivity index (χ2v) is 7.53. The molecular weight excluding hydrogens is 463 g/mol. The van der Waals surface area contributed by atoms with Crippen LogP contribution in [0.3, 0.4) is 0 Å². The second-order valence-electron chi connectivity index (χ2n) is 6.29. The number of furan rings is 1. The van der Waals surface area contributed by atoms with Gasteiger partial charge in [0.25, 0.3) is 11.8 Å². The molecule has 0 aliphatic rings. The maximum atomic E-state index is 12.3. The van der Waals surface area contributed by atoms with Crippen molar-refractivity contribution in [3.05, 3.63) is 51.5 Å². The number of carbonyl (C=O) groups is 3. The lowest BCUT2D eigenvalue weighted by Crippen LogP contribution is -2.45. The Kier molecular flexibility index (Phi) is 7.40. The van der Waals surface area contributed by atoms with Crippen molar-refractivity contribution in [3.8, 4) is 0 Å². The Bertz CT molecular complexity index is 818. The zero-order valence-electron chi connectivity index (χ0n) is 15.2. The molecule has 27 heavy (non-hydrogen) atoms. The van der Waals surface area contributed by atoms with Crippen molar-refractivity contribution in [2.75, 3.05) is 11.9 Å². The lowest BCUT2D eigenvalue weighted by Gasteiger charge is -2.20. The number of halogens is 1. The fourth-order valence-corrected chi connectivity index (χ4v) is 2.94. The summed E-state index contributed by atoms with van der Waals surface area (Å²) in [5, 5.41) is 5.27. The molecule has 0 bridgehead atoms. The molecule has 2 aromatic rings. The van der Waals surface area contributed by atoms with Crippen LogP contribution in [0.5, 0.6) is 0 Å². The highest BCUT2D eigenvalue weighted by atomic mass is 127. The number of ether oxygens (including phenoxy) is 1. The zero-order chi connectivity index (χ0) is 20.0. The van der Waals surface area contributed by atoms with Gasteiger partial charge in [0.15, 0.2) is 12.4 Å². The molecule has 0 aliphatic carbocycles. The number of hydrogen-bond donors (Lipinski definition) is 2. The van der Waals surface area contributed by atoms with Crippen LogP contribution in [-0.2, 0) is 14.3 Å². The van der Waals surface area contributed by atoms with Gasteiger partial charge < -0.3 is 19.8 Å². The van der Waals surface area contributed by atoms with Crippen molar-refractivity contribution < 1.29 is 23.5 Å². The van der Waals surface area contributed by atoms with Gasteiger partial charge in [-0.05, 0) is 71.3 Å². The molecule has 2 rings (SSSR count). The minimum Gasteiger partial charge on any atom is -0.459 e. The van der Waals surface area contributed by atoms with Crippen LogP contribution >= 0.6 is 22.6 Å². The van der Waals surface area contributed by atoms with Crippen LogP contribution in [0.4, 0.5) is 5.69 Å². The summed E-state index contributed by atoms with van der Waals surface area (Å²) in [6.07, 6.45) is 1.37. The minimum atomic E-state index is -0.893. The van der Waals surface area contributed by atoms with E-state index in [-0.39, 0.29) is 11.7 Å². The molecule has 2 N–H and O–H groups in total. The van der Waals surface area contributed by atoms with E-state index in [4.69, 9.17) is 9.15 Å². The number of esters is 1. The van der Waals surface area contributed by atoms with Gasteiger partial charge in [-0.25, -0.2) is 4.79 Å². The maximum absolute atomic E-state index is 12.3. The molecule has 0 saturated heterocycles. The van der Waals surface area contributed by atoms with Crippen LogP contribution < -0.4 is 10.6 Å². The summed E-state index contributed by atoms with van der Waals surface area (Å²) in [5.41, 5.74) is 1.57. The van der Waals surface area contributed by atoms with Crippen molar-refractivity contribution in [1.82, 2.24) is 5.32 Å². The number of benzene rings is 1. The molecule has 1 heterocycles. The molecule has 7 nitrogen and oxygen atoms in total. The van der Waals surface area contributed by atoms with E-state index in [1.54, 1.807) is 26.0 Å². The van der Waals surface area contributed by atoms with E-state index >= 15 is 0 Å². The van der Waals surface area contributed by atoms with Gasteiger partial charge in [-0.1, -0.05) is 13.8 Å². The molecule has 0 aliphatic heterocycles. The van der Waals surface area contributed by atoms with Gasteiger partial charge in [-0.2, -0.15) is 0 Å². The number of carbonyl (C=O) groups excluding carboxylic acids is 3.